The van der Waals surface area contributed by atoms with E-state index in [1.165, 1.54) is 5.57 Å². The second kappa shape index (κ2) is 8.30. The monoisotopic (exact) mass is 234 g/mol. The van der Waals surface area contributed by atoms with Crippen molar-refractivity contribution >= 4 is 0 Å². The molecule has 0 radical (unpaired) electrons. The Kier molecular flexibility index (Phi) is 6.95. The molecule has 0 saturated heterocycles. The molecule has 96 valence electrons. The highest BCUT2D eigenvalue weighted by molar-refractivity contribution is 5.11. The van der Waals surface area contributed by atoms with Crippen molar-refractivity contribution in [3.63, 3.8) is 0 Å². The molecule has 0 aromatic rings. The topological polar surface area (TPSA) is 20.2 Å². The van der Waals surface area contributed by atoms with E-state index in [4.69, 9.17) is 0 Å². The van der Waals surface area contributed by atoms with Gasteiger partial charge in [0, 0.05) is 0 Å². The molecule has 0 fully saturated rings. The normalized spacial score (nSPS) is 20.6. The first-order valence-corrected chi connectivity index (χ1v) is 6.89. The van der Waals surface area contributed by atoms with Gasteiger partial charge in [-0.2, -0.15) is 0 Å². The van der Waals surface area contributed by atoms with Crippen LogP contribution in [0.2, 0.25) is 0 Å². The summed E-state index contributed by atoms with van der Waals surface area (Å²) in [6.45, 7) is 4.16. The van der Waals surface area contributed by atoms with Crippen LogP contribution in [0, 0.1) is 5.92 Å². The third-order valence-corrected chi connectivity index (χ3v) is 3.18. The van der Waals surface area contributed by atoms with Gasteiger partial charge in [-0.05, 0) is 50.0 Å². The Labute approximate surface area is 106 Å². The van der Waals surface area contributed by atoms with Gasteiger partial charge >= 0.3 is 0 Å². The molecule has 1 atom stereocenters. The van der Waals surface area contributed by atoms with Crippen LogP contribution in [-0.4, -0.2) is 11.2 Å². The molecule has 0 aromatic carbocycles. The number of aliphatic hydroxyl groups excluding tert-OH is 1. The minimum Gasteiger partial charge on any atom is -0.388 e. The van der Waals surface area contributed by atoms with Gasteiger partial charge in [0.05, 0.1) is 6.10 Å². The van der Waals surface area contributed by atoms with Crippen LogP contribution >= 0.6 is 0 Å². The van der Waals surface area contributed by atoms with Gasteiger partial charge in [0.1, 0.15) is 0 Å². The second-order valence-electron chi connectivity index (χ2n) is 5.10. The zero-order valence-electron chi connectivity index (χ0n) is 11.2. The van der Waals surface area contributed by atoms with E-state index in [1.54, 1.807) is 0 Å². The number of hydrogen-bond acceptors (Lipinski definition) is 1. The number of rotatable bonds is 2. The quantitative estimate of drug-likeness (QED) is 0.702. The van der Waals surface area contributed by atoms with Crippen molar-refractivity contribution in [3.8, 4) is 0 Å². The molecule has 0 aromatic heterocycles. The van der Waals surface area contributed by atoms with E-state index in [1.807, 2.05) is 0 Å². The molecule has 1 aliphatic carbocycles. The minimum absolute atomic E-state index is 0.268. The van der Waals surface area contributed by atoms with Gasteiger partial charge in [0.2, 0.25) is 0 Å². The van der Waals surface area contributed by atoms with Crippen molar-refractivity contribution in [2.24, 2.45) is 5.92 Å². The molecule has 1 heteroatoms. The smallest absolute Gasteiger partial charge is 0.0773 e. The number of aliphatic hydroxyl groups is 1. The molecule has 17 heavy (non-hydrogen) atoms. The minimum atomic E-state index is -0.268. The average molecular weight is 234 g/mol. The fraction of sp³-hybridized carbons (Fsp3) is 0.625. The van der Waals surface area contributed by atoms with Crippen molar-refractivity contribution in [3.05, 3.63) is 36.0 Å². The highest BCUT2D eigenvalue weighted by atomic mass is 16.3. The molecular weight excluding hydrogens is 208 g/mol. The predicted molar refractivity (Wildman–Crippen MR) is 74.9 cm³/mol. The Morgan fingerprint density at radius 2 is 1.41 bits per heavy atom. The van der Waals surface area contributed by atoms with E-state index in [9.17, 15) is 5.11 Å². The molecule has 0 spiro atoms. The zero-order chi connectivity index (χ0) is 12.5. The van der Waals surface area contributed by atoms with Crippen molar-refractivity contribution in [1.82, 2.24) is 0 Å². The number of allylic oxidation sites excluding steroid dienone is 5. The third kappa shape index (κ3) is 5.88. The van der Waals surface area contributed by atoms with Crippen molar-refractivity contribution in [2.75, 3.05) is 0 Å². The SMILES string of the molecule is CC(C)C(O)C1=CCCC=CCCC=CCC1. The first kappa shape index (κ1) is 14.2. The summed E-state index contributed by atoms with van der Waals surface area (Å²) in [4.78, 5) is 0. The molecule has 1 aliphatic rings. The summed E-state index contributed by atoms with van der Waals surface area (Å²) in [5, 5.41) is 10.1. The number of hydrogen-bond donors (Lipinski definition) is 1. The molecule has 0 heterocycles. The zero-order valence-corrected chi connectivity index (χ0v) is 11.2. The van der Waals surface area contributed by atoms with Gasteiger partial charge in [-0.15, -0.1) is 0 Å². The van der Waals surface area contributed by atoms with E-state index in [-0.39, 0.29) is 6.10 Å². The highest BCUT2D eigenvalue weighted by Crippen LogP contribution is 2.19. The van der Waals surface area contributed by atoms with Crippen molar-refractivity contribution < 1.29 is 5.11 Å². The van der Waals surface area contributed by atoms with E-state index >= 15 is 0 Å². The molecule has 1 unspecified atom stereocenters. The Hall–Kier alpha value is -0.820. The first-order valence-electron chi connectivity index (χ1n) is 6.89. The lowest BCUT2D eigenvalue weighted by atomic mass is 9.94. The van der Waals surface area contributed by atoms with E-state index in [0.29, 0.717) is 5.92 Å². The van der Waals surface area contributed by atoms with E-state index < -0.39 is 0 Å². The predicted octanol–water partition coefficient (Wildman–Crippen LogP) is 4.40. The van der Waals surface area contributed by atoms with E-state index in [2.05, 4.69) is 44.2 Å². The van der Waals surface area contributed by atoms with E-state index in [0.717, 1.165) is 38.5 Å². The summed E-state index contributed by atoms with van der Waals surface area (Å²) in [7, 11) is 0. The lowest BCUT2D eigenvalue weighted by molar-refractivity contribution is 0.156. The lowest BCUT2D eigenvalue weighted by Crippen LogP contribution is -2.17. The van der Waals surface area contributed by atoms with Crippen molar-refractivity contribution in [1.29, 1.82) is 0 Å². The summed E-state index contributed by atoms with van der Waals surface area (Å²) in [5.74, 6) is 0.314. The van der Waals surface area contributed by atoms with Crippen LogP contribution in [0.5, 0.6) is 0 Å². The largest absolute Gasteiger partial charge is 0.388 e. The van der Waals surface area contributed by atoms with Crippen molar-refractivity contribution in [2.45, 2.75) is 58.5 Å². The maximum Gasteiger partial charge on any atom is 0.0773 e. The molecule has 1 N–H and O–H groups in total. The van der Waals surface area contributed by atoms with Gasteiger partial charge in [0.25, 0.3) is 0 Å². The van der Waals surface area contributed by atoms with Gasteiger partial charge < -0.3 is 5.11 Å². The van der Waals surface area contributed by atoms with Gasteiger partial charge in [-0.3, -0.25) is 0 Å². The van der Waals surface area contributed by atoms with Gasteiger partial charge in [-0.25, -0.2) is 0 Å². The average Bonchev–Trinajstić information content (AvgIpc) is 2.29. The van der Waals surface area contributed by atoms with Crippen LogP contribution in [0.25, 0.3) is 0 Å². The van der Waals surface area contributed by atoms with Crippen LogP contribution in [-0.2, 0) is 0 Å². The summed E-state index contributed by atoms with van der Waals surface area (Å²) in [6, 6.07) is 0. The molecule has 1 nitrogen and oxygen atoms in total. The van der Waals surface area contributed by atoms with Gasteiger partial charge in [-0.1, -0.05) is 44.2 Å². The Morgan fingerprint density at radius 3 is 2.00 bits per heavy atom. The van der Waals surface area contributed by atoms with Crippen LogP contribution in [0.3, 0.4) is 0 Å². The molecule has 1 rings (SSSR count). The van der Waals surface area contributed by atoms with Crippen LogP contribution in [0.4, 0.5) is 0 Å². The van der Waals surface area contributed by atoms with Gasteiger partial charge in [0.15, 0.2) is 0 Å². The maximum atomic E-state index is 10.1. The Balaban J connectivity index is 2.64. The standard InChI is InChI=1S/C16H26O/c1-14(2)16(17)15-12-10-8-6-4-3-5-7-9-11-13-15/h4,6-7,9,12,14,16-17H,3,5,8,10-11,13H2,1-2H3. The van der Waals surface area contributed by atoms with Crippen LogP contribution < -0.4 is 0 Å². The first-order chi connectivity index (χ1) is 8.22. The summed E-state index contributed by atoms with van der Waals surface area (Å²) < 4.78 is 0. The maximum absolute atomic E-state index is 10.1. The summed E-state index contributed by atoms with van der Waals surface area (Å²) in [6.07, 6.45) is 17.5. The fourth-order valence-electron chi connectivity index (χ4n) is 2.08. The Bertz CT molecular complexity index is 284. The molecule has 0 aliphatic heterocycles. The third-order valence-electron chi connectivity index (χ3n) is 3.18. The molecule has 0 amide bonds. The molecule has 0 saturated carbocycles. The highest BCUT2D eigenvalue weighted by Gasteiger charge is 2.13. The molecular formula is C16H26O. The second-order valence-corrected chi connectivity index (χ2v) is 5.10. The van der Waals surface area contributed by atoms with Crippen LogP contribution in [0.15, 0.2) is 36.0 Å². The molecule has 0 bridgehead atoms. The summed E-state index contributed by atoms with van der Waals surface area (Å²) in [5.41, 5.74) is 1.22. The summed E-state index contributed by atoms with van der Waals surface area (Å²) >= 11 is 0. The fourth-order valence-corrected chi connectivity index (χ4v) is 2.08. The Morgan fingerprint density at radius 1 is 0.882 bits per heavy atom. The lowest BCUT2D eigenvalue weighted by Gasteiger charge is -2.18. The van der Waals surface area contributed by atoms with Crippen LogP contribution in [0.1, 0.15) is 52.4 Å².